The summed E-state index contributed by atoms with van der Waals surface area (Å²) in [6.45, 7) is 4.43. The van der Waals surface area contributed by atoms with Crippen LogP contribution < -0.4 is 10.0 Å². The van der Waals surface area contributed by atoms with Crippen molar-refractivity contribution in [1.29, 1.82) is 0 Å². The van der Waals surface area contributed by atoms with Gasteiger partial charge in [-0.2, -0.15) is 0 Å². The Kier molecular flexibility index (Phi) is 5.20. The first-order valence-electron chi connectivity index (χ1n) is 9.53. The van der Waals surface area contributed by atoms with E-state index in [9.17, 15) is 13.2 Å². The van der Waals surface area contributed by atoms with Crippen molar-refractivity contribution in [3.05, 3.63) is 40.6 Å². The van der Waals surface area contributed by atoms with E-state index in [1.807, 2.05) is 23.6 Å². The molecule has 3 aliphatic rings. The standard InChI is InChI=1S/C20H25N3O3S2/c1-13-18(14-7-10-23(13)11-8-14)21-20(24)19-16(9-12-27-19)15-5-3-4-6-17(15)22-28(2,25)26/h3-6,9,12-14,18,22H,7-8,10-11H2,1-2H3,(H,21,24)/t13-,18+/m1/s1. The molecule has 2 bridgehead atoms. The van der Waals surface area contributed by atoms with Crippen molar-refractivity contribution in [2.75, 3.05) is 24.1 Å². The summed E-state index contributed by atoms with van der Waals surface area (Å²) in [5.41, 5.74) is 1.94. The molecule has 0 aliphatic carbocycles. The van der Waals surface area contributed by atoms with E-state index >= 15 is 0 Å². The van der Waals surface area contributed by atoms with Crippen LogP contribution in [0, 0.1) is 5.92 Å². The number of fused-ring (bicyclic) bond motifs is 3. The van der Waals surface area contributed by atoms with E-state index in [4.69, 9.17) is 0 Å². The van der Waals surface area contributed by atoms with Gasteiger partial charge in [-0.1, -0.05) is 18.2 Å². The van der Waals surface area contributed by atoms with Gasteiger partial charge in [0.15, 0.2) is 0 Å². The molecule has 2 atom stereocenters. The molecule has 5 rings (SSSR count). The molecule has 3 aliphatic heterocycles. The molecule has 8 heteroatoms. The Labute approximate surface area is 170 Å². The first-order valence-corrected chi connectivity index (χ1v) is 12.3. The topological polar surface area (TPSA) is 78.5 Å². The van der Waals surface area contributed by atoms with Gasteiger partial charge < -0.3 is 5.32 Å². The predicted molar refractivity (Wildman–Crippen MR) is 113 cm³/mol. The fourth-order valence-electron chi connectivity index (χ4n) is 4.47. The largest absolute Gasteiger partial charge is 0.347 e. The summed E-state index contributed by atoms with van der Waals surface area (Å²) < 4.78 is 26.0. The van der Waals surface area contributed by atoms with Crippen LogP contribution in [0.5, 0.6) is 0 Å². The van der Waals surface area contributed by atoms with Gasteiger partial charge in [0, 0.05) is 23.2 Å². The van der Waals surface area contributed by atoms with E-state index in [0.29, 0.717) is 28.1 Å². The Morgan fingerprint density at radius 2 is 1.86 bits per heavy atom. The number of para-hydroxylation sites is 1. The number of hydrogen-bond acceptors (Lipinski definition) is 5. The average Bonchev–Trinajstić information content (AvgIpc) is 3.14. The molecule has 2 aromatic rings. The van der Waals surface area contributed by atoms with Crippen molar-refractivity contribution >= 4 is 33.0 Å². The molecule has 0 saturated carbocycles. The molecule has 150 valence electrons. The van der Waals surface area contributed by atoms with Crippen molar-refractivity contribution in [3.63, 3.8) is 0 Å². The number of sulfonamides is 1. The summed E-state index contributed by atoms with van der Waals surface area (Å²) in [5, 5.41) is 5.15. The Balaban J connectivity index is 1.61. The number of thiophene rings is 1. The zero-order valence-electron chi connectivity index (χ0n) is 16.0. The number of piperidine rings is 3. The number of nitrogens with zero attached hydrogens (tertiary/aromatic N) is 1. The second-order valence-corrected chi connectivity index (χ2v) is 10.4. The predicted octanol–water partition coefficient (Wildman–Crippen LogP) is 3.00. The molecule has 3 saturated heterocycles. The summed E-state index contributed by atoms with van der Waals surface area (Å²) in [4.78, 5) is 16.2. The third kappa shape index (κ3) is 3.81. The van der Waals surface area contributed by atoms with Crippen molar-refractivity contribution in [2.24, 2.45) is 5.92 Å². The lowest BCUT2D eigenvalue weighted by atomic mass is 9.79. The molecule has 28 heavy (non-hydrogen) atoms. The zero-order chi connectivity index (χ0) is 19.9. The maximum atomic E-state index is 13.1. The molecular formula is C20H25N3O3S2. The first kappa shape index (κ1) is 19.4. The smallest absolute Gasteiger partial charge is 0.262 e. The van der Waals surface area contributed by atoms with Crippen LogP contribution in [0.2, 0.25) is 0 Å². The maximum absolute atomic E-state index is 13.1. The van der Waals surface area contributed by atoms with Crippen molar-refractivity contribution in [1.82, 2.24) is 10.2 Å². The molecule has 0 unspecified atom stereocenters. The Bertz CT molecular complexity index is 976. The molecule has 6 nitrogen and oxygen atoms in total. The van der Waals surface area contributed by atoms with E-state index in [1.54, 1.807) is 12.1 Å². The lowest BCUT2D eigenvalue weighted by Gasteiger charge is -2.49. The number of hydrogen-bond donors (Lipinski definition) is 2. The molecule has 3 fully saturated rings. The Morgan fingerprint density at radius 3 is 2.54 bits per heavy atom. The van der Waals surface area contributed by atoms with E-state index in [-0.39, 0.29) is 11.9 Å². The number of amides is 1. The quantitative estimate of drug-likeness (QED) is 0.781. The van der Waals surface area contributed by atoms with Crippen molar-refractivity contribution in [2.45, 2.75) is 31.8 Å². The summed E-state index contributed by atoms with van der Waals surface area (Å²) in [6, 6.07) is 9.56. The maximum Gasteiger partial charge on any atom is 0.262 e. The fourth-order valence-corrected chi connectivity index (χ4v) is 5.85. The molecule has 2 N–H and O–H groups in total. The van der Waals surface area contributed by atoms with Gasteiger partial charge in [-0.15, -0.1) is 11.3 Å². The van der Waals surface area contributed by atoms with Gasteiger partial charge in [0.2, 0.25) is 10.0 Å². The number of carbonyl (C=O) groups is 1. The van der Waals surface area contributed by atoms with Gasteiger partial charge >= 0.3 is 0 Å². The number of carbonyl (C=O) groups excluding carboxylic acids is 1. The first-order chi connectivity index (χ1) is 13.3. The number of benzene rings is 1. The summed E-state index contributed by atoms with van der Waals surface area (Å²) >= 11 is 1.39. The highest BCUT2D eigenvalue weighted by Gasteiger charge is 2.40. The minimum absolute atomic E-state index is 0.0789. The summed E-state index contributed by atoms with van der Waals surface area (Å²) in [5.74, 6) is 0.455. The van der Waals surface area contributed by atoms with Gasteiger partial charge in [0.05, 0.1) is 16.8 Å². The Hall–Kier alpha value is -1.90. The second-order valence-electron chi connectivity index (χ2n) is 7.70. The number of nitrogens with one attached hydrogen (secondary N) is 2. The van der Waals surface area contributed by atoms with Gasteiger partial charge in [0.1, 0.15) is 0 Å². The van der Waals surface area contributed by atoms with Crippen LogP contribution in [-0.2, 0) is 10.0 Å². The number of anilines is 1. The van der Waals surface area contributed by atoms with E-state index in [0.717, 1.165) is 37.8 Å². The minimum atomic E-state index is -3.41. The normalized spacial score (nSPS) is 26.8. The molecule has 1 aromatic heterocycles. The third-order valence-electron chi connectivity index (χ3n) is 5.86. The van der Waals surface area contributed by atoms with Crippen LogP contribution in [0.15, 0.2) is 35.7 Å². The van der Waals surface area contributed by atoms with Gasteiger partial charge in [-0.3, -0.25) is 14.4 Å². The minimum Gasteiger partial charge on any atom is -0.347 e. The van der Waals surface area contributed by atoms with E-state index < -0.39 is 10.0 Å². The summed E-state index contributed by atoms with van der Waals surface area (Å²) in [7, 11) is -3.41. The highest BCUT2D eigenvalue weighted by molar-refractivity contribution is 7.92. The molecule has 0 spiro atoms. The van der Waals surface area contributed by atoms with Crippen LogP contribution in [0.4, 0.5) is 5.69 Å². The molecule has 0 radical (unpaired) electrons. The molecule has 4 heterocycles. The zero-order valence-corrected chi connectivity index (χ0v) is 17.6. The van der Waals surface area contributed by atoms with Gasteiger partial charge in [-0.05, 0) is 56.3 Å². The number of rotatable bonds is 5. The highest BCUT2D eigenvalue weighted by atomic mass is 32.2. The van der Waals surface area contributed by atoms with Crippen LogP contribution in [0.1, 0.15) is 29.4 Å². The SMILES string of the molecule is C[C@@H]1[C@H](NC(=O)c2sccc2-c2ccccc2NS(C)(=O)=O)C2CCN1CC2. The van der Waals surface area contributed by atoms with Crippen molar-refractivity contribution < 1.29 is 13.2 Å². The monoisotopic (exact) mass is 419 g/mol. The lowest BCUT2D eigenvalue weighted by Crippen LogP contribution is -2.62. The average molecular weight is 420 g/mol. The van der Waals surface area contributed by atoms with Gasteiger partial charge in [-0.25, -0.2) is 8.42 Å². The third-order valence-corrected chi connectivity index (χ3v) is 7.36. The molecular weight excluding hydrogens is 394 g/mol. The highest BCUT2D eigenvalue weighted by Crippen LogP contribution is 2.36. The fraction of sp³-hybridized carbons (Fsp3) is 0.450. The molecule has 1 amide bonds. The van der Waals surface area contributed by atoms with Crippen LogP contribution in [0.3, 0.4) is 0 Å². The van der Waals surface area contributed by atoms with Crippen molar-refractivity contribution in [3.8, 4) is 11.1 Å². The summed E-state index contributed by atoms with van der Waals surface area (Å²) in [6.07, 6.45) is 3.39. The Morgan fingerprint density at radius 1 is 1.14 bits per heavy atom. The van der Waals surface area contributed by atoms with Crippen LogP contribution >= 0.6 is 11.3 Å². The van der Waals surface area contributed by atoms with E-state index in [2.05, 4.69) is 21.9 Å². The van der Waals surface area contributed by atoms with E-state index in [1.165, 1.54) is 11.3 Å². The van der Waals surface area contributed by atoms with Crippen LogP contribution in [0.25, 0.3) is 11.1 Å². The second kappa shape index (κ2) is 7.50. The van der Waals surface area contributed by atoms with Crippen LogP contribution in [-0.4, -0.2) is 50.7 Å². The molecule has 1 aromatic carbocycles. The lowest BCUT2D eigenvalue weighted by molar-refractivity contribution is 0.0218. The van der Waals surface area contributed by atoms with Gasteiger partial charge in [0.25, 0.3) is 5.91 Å².